The fourth-order valence-corrected chi connectivity index (χ4v) is 3.49. The predicted octanol–water partition coefficient (Wildman–Crippen LogP) is 3.60. The van der Waals surface area contributed by atoms with E-state index in [0.29, 0.717) is 24.7 Å². The molecule has 164 valence electrons. The van der Waals surface area contributed by atoms with Gasteiger partial charge in [-0.25, -0.2) is 9.38 Å². The van der Waals surface area contributed by atoms with E-state index >= 15 is 0 Å². The molecular weight excluding hydrogens is 480 g/mol. The Morgan fingerprint density at radius 2 is 2.00 bits per heavy atom. The topological polar surface area (TPSA) is 42.9 Å². The van der Waals surface area contributed by atoms with E-state index in [1.807, 2.05) is 31.1 Å². The standard InChI is InChI=1S/C22H36FN5.HI/c1-6-24-22(26-20-9-11-28(12-10-20)15-17(2)3)25-14-18-7-8-21(23)19(13-18)16-27(4)5;/h7-8,13,20H,2,6,9-12,14-16H2,1,3-5H3,(H2,24,25,26);1H. The van der Waals surface area contributed by atoms with Crippen LogP contribution in [0.3, 0.4) is 0 Å². The Morgan fingerprint density at radius 1 is 1.31 bits per heavy atom. The molecule has 0 amide bonds. The fraction of sp³-hybridized carbons (Fsp3) is 0.591. The van der Waals surface area contributed by atoms with Crippen molar-refractivity contribution in [1.29, 1.82) is 0 Å². The molecule has 0 bridgehead atoms. The monoisotopic (exact) mass is 517 g/mol. The molecule has 0 aromatic heterocycles. The molecule has 1 aromatic carbocycles. The highest BCUT2D eigenvalue weighted by Crippen LogP contribution is 2.14. The number of hydrogen-bond donors (Lipinski definition) is 2. The SMILES string of the molecule is C=C(C)CN1CCC(NC(=NCc2ccc(F)c(CN(C)C)c2)NCC)CC1.I. The second-order valence-corrected chi connectivity index (χ2v) is 8.01. The number of piperidine rings is 1. The highest BCUT2D eigenvalue weighted by atomic mass is 127. The Hall–Kier alpha value is -1.19. The maximum atomic E-state index is 14.0. The third-order valence-electron chi connectivity index (χ3n) is 4.78. The van der Waals surface area contributed by atoms with Gasteiger partial charge in [0.05, 0.1) is 6.54 Å². The summed E-state index contributed by atoms with van der Waals surface area (Å²) in [4.78, 5) is 9.15. The van der Waals surface area contributed by atoms with Gasteiger partial charge in [-0.05, 0) is 58.5 Å². The lowest BCUT2D eigenvalue weighted by atomic mass is 10.0. The third-order valence-corrected chi connectivity index (χ3v) is 4.78. The van der Waals surface area contributed by atoms with Crippen molar-refractivity contribution in [3.05, 3.63) is 47.3 Å². The Balaban J connectivity index is 0.00000420. The van der Waals surface area contributed by atoms with Gasteiger partial charge in [-0.15, -0.1) is 24.0 Å². The summed E-state index contributed by atoms with van der Waals surface area (Å²) in [5, 5.41) is 6.90. The molecule has 0 radical (unpaired) electrons. The van der Waals surface area contributed by atoms with E-state index in [1.165, 1.54) is 5.57 Å². The van der Waals surface area contributed by atoms with Gasteiger partial charge in [-0.2, -0.15) is 0 Å². The number of rotatable bonds is 8. The first-order valence-electron chi connectivity index (χ1n) is 10.2. The lowest BCUT2D eigenvalue weighted by molar-refractivity contribution is 0.221. The molecule has 2 N–H and O–H groups in total. The van der Waals surface area contributed by atoms with E-state index in [-0.39, 0.29) is 29.8 Å². The number of halogens is 2. The van der Waals surface area contributed by atoms with Gasteiger partial charge in [0.2, 0.25) is 0 Å². The van der Waals surface area contributed by atoms with Crippen molar-refractivity contribution in [2.24, 2.45) is 4.99 Å². The van der Waals surface area contributed by atoms with E-state index in [1.54, 1.807) is 6.07 Å². The van der Waals surface area contributed by atoms with Gasteiger partial charge in [-0.1, -0.05) is 18.2 Å². The minimum atomic E-state index is -0.159. The van der Waals surface area contributed by atoms with Crippen LogP contribution in [-0.2, 0) is 13.1 Å². The number of aliphatic imine (C=N–C) groups is 1. The lowest BCUT2D eigenvalue weighted by Gasteiger charge is -2.33. The lowest BCUT2D eigenvalue weighted by Crippen LogP contribution is -2.48. The average molecular weight is 517 g/mol. The third kappa shape index (κ3) is 9.44. The van der Waals surface area contributed by atoms with Crippen molar-refractivity contribution in [1.82, 2.24) is 20.4 Å². The molecule has 2 rings (SSSR count). The van der Waals surface area contributed by atoms with Gasteiger partial charge in [0.25, 0.3) is 0 Å². The Bertz CT molecular complexity index is 669. The average Bonchev–Trinajstić information content (AvgIpc) is 2.63. The van der Waals surface area contributed by atoms with Crippen molar-refractivity contribution < 1.29 is 4.39 Å². The van der Waals surface area contributed by atoms with Crippen molar-refractivity contribution in [3.8, 4) is 0 Å². The smallest absolute Gasteiger partial charge is 0.191 e. The van der Waals surface area contributed by atoms with E-state index < -0.39 is 0 Å². The minimum absolute atomic E-state index is 0. The number of benzene rings is 1. The van der Waals surface area contributed by atoms with Gasteiger partial charge in [0.15, 0.2) is 5.96 Å². The summed E-state index contributed by atoms with van der Waals surface area (Å²) in [5.41, 5.74) is 2.95. The first-order valence-corrected chi connectivity index (χ1v) is 10.2. The maximum absolute atomic E-state index is 14.0. The fourth-order valence-electron chi connectivity index (χ4n) is 3.49. The Labute approximate surface area is 192 Å². The van der Waals surface area contributed by atoms with Crippen LogP contribution in [0.15, 0.2) is 35.3 Å². The maximum Gasteiger partial charge on any atom is 0.191 e. The van der Waals surface area contributed by atoms with Gasteiger partial charge in [-0.3, -0.25) is 4.90 Å². The van der Waals surface area contributed by atoms with Crippen molar-refractivity contribution in [2.75, 3.05) is 40.3 Å². The molecule has 1 aromatic rings. The molecule has 0 aliphatic carbocycles. The molecular formula is C22H37FIN5. The number of nitrogens with zero attached hydrogens (tertiary/aromatic N) is 3. The van der Waals surface area contributed by atoms with Gasteiger partial charge in [0, 0.05) is 44.3 Å². The van der Waals surface area contributed by atoms with Crippen LogP contribution in [0.25, 0.3) is 0 Å². The molecule has 5 nitrogen and oxygen atoms in total. The molecule has 7 heteroatoms. The summed E-state index contributed by atoms with van der Waals surface area (Å²) in [6.07, 6.45) is 2.20. The minimum Gasteiger partial charge on any atom is -0.357 e. The van der Waals surface area contributed by atoms with Crippen LogP contribution in [0.2, 0.25) is 0 Å². The molecule has 1 fully saturated rings. The van der Waals surface area contributed by atoms with Crippen molar-refractivity contribution in [3.63, 3.8) is 0 Å². The highest BCUT2D eigenvalue weighted by molar-refractivity contribution is 14.0. The van der Waals surface area contributed by atoms with Gasteiger partial charge >= 0.3 is 0 Å². The Morgan fingerprint density at radius 3 is 2.59 bits per heavy atom. The van der Waals surface area contributed by atoms with Crippen LogP contribution in [0.1, 0.15) is 37.8 Å². The summed E-state index contributed by atoms with van der Waals surface area (Å²) in [7, 11) is 3.89. The molecule has 0 unspecified atom stereocenters. The second-order valence-electron chi connectivity index (χ2n) is 8.01. The summed E-state index contributed by atoms with van der Waals surface area (Å²) in [6, 6.07) is 5.70. The van der Waals surface area contributed by atoms with Crippen molar-refractivity contribution >= 4 is 29.9 Å². The number of likely N-dealkylation sites (tertiary alicyclic amines) is 1. The largest absolute Gasteiger partial charge is 0.357 e. The number of nitrogens with one attached hydrogen (secondary N) is 2. The number of guanidine groups is 1. The predicted molar refractivity (Wildman–Crippen MR) is 131 cm³/mol. The summed E-state index contributed by atoms with van der Waals surface area (Å²) < 4.78 is 14.0. The molecule has 1 aliphatic heterocycles. The van der Waals surface area contributed by atoms with E-state index in [0.717, 1.165) is 50.5 Å². The number of hydrogen-bond acceptors (Lipinski definition) is 3. The van der Waals surface area contributed by atoms with Crippen LogP contribution >= 0.6 is 24.0 Å². The van der Waals surface area contributed by atoms with Gasteiger partial charge in [0.1, 0.15) is 5.82 Å². The van der Waals surface area contributed by atoms with Crippen LogP contribution in [0, 0.1) is 5.82 Å². The molecule has 1 aliphatic rings. The zero-order chi connectivity index (χ0) is 20.5. The highest BCUT2D eigenvalue weighted by Gasteiger charge is 2.19. The molecule has 0 atom stereocenters. The quantitative estimate of drug-likeness (QED) is 0.240. The molecule has 1 heterocycles. The van der Waals surface area contributed by atoms with E-state index in [2.05, 4.69) is 36.0 Å². The zero-order valence-corrected chi connectivity index (χ0v) is 20.6. The first-order chi connectivity index (χ1) is 13.4. The van der Waals surface area contributed by atoms with E-state index in [9.17, 15) is 4.39 Å². The molecule has 0 spiro atoms. The zero-order valence-electron chi connectivity index (χ0n) is 18.3. The van der Waals surface area contributed by atoms with Crippen molar-refractivity contribution in [2.45, 2.75) is 45.8 Å². The van der Waals surface area contributed by atoms with Crippen LogP contribution in [-0.4, -0.2) is 62.1 Å². The molecule has 29 heavy (non-hydrogen) atoms. The van der Waals surface area contributed by atoms with Crippen LogP contribution in [0.5, 0.6) is 0 Å². The van der Waals surface area contributed by atoms with E-state index in [4.69, 9.17) is 4.99 Å². The summed E-state index contributed by atoms with van der Waals surface area (Å²) >= 11 is 0. The normalized spacial score (nSPS) is 15.9. The summed E-state index contributed by atoms with van der Waals surface area (Å²) in [5.74, 6) is 0.673. The Kier molecular flexibility index (Phi) is 11.7. The summed E-state index contributed by atoms with van der Waals surface area (Å²) in [6.45, 7) is 13.2. The van der Waals surface area contributed by atoms with Gasteiger partial charge < -0.3 is 15.5 Å². The second kappa shape index (κ2) is 13.2. The van der Waals surface area contributed by atoms with Crippen LogP contribution < -0.4 is 10.6 Å². The molecule has 1 saturated heterocycles. The first kappa shape index (κ1) is 25.8. The van der Waals surface area contributed by atoms with Crippen LogP contribution in [0.4, 0.5) is 4.39 Å². The molecule has 0 saturated carbocycles.